The number of benzene rings is 1. The third-order valence-corrected chi connectivity index (χ3v) is 2.52. The summed E-state index contributed by atoms with van der Waals surface area (Å²) in [5.74, 6) is -0.625. The second-order valence-corrected chi connectivity index (χ2v) is 3.34. The van der Waals surface area contributed by atoms with Crippen LogP contribution >= 0.6 is 0 Å². The second kappa shape index (κ2) is 3.25. The van der Waals surface area contributed by atoms with Crippen LogP contribution in [0.25, 0.3) is 0 Å². The van der Waals surface area contributed by atoms with Gasteiger partial charge in [-0.3, -0.25) is 4.99 Å². The van der Waals surface area contributed by atoms with Crippen molar-refractivity contribution in [2.75, 3.05) is 0 Å². The van der Waals surface area contributed by atoms with E-state index < -0.39 is 5.97 Å². The maximum absolute atomic E-state index is 10.9. The second-order valence-electron chi connectivity index (χ2n) is 3.34. The van der Waals surface area contributed by atoms with Crippen molar-refractivity contribution in [1.29, 1.82) is 0 Å². The van der Waals surface area contributed by atoms with Gasteiger partial charge >= 0.3 is 5.97 Å². The van der Waals surface area contributed by atoms with E-state index in [1.165, 1.54) is 0 Å². The van der Waals surface area contributed by atoms with Gasteiger partial charge in [-0.2, -0.15) is 0 Å². The Morgan fingerprint density at radius 1 is 1.57 bits per heavy atom. The van der Waals surface area contributed by atoms with Crippen LogP contribution in [0.5, 0.6) is 0 Å². The molecule has 1 aromatic rings. The Labute approximate surface area is 82.1 Å². The van der Waals surface area contributed by atoms with Gasteiger partial charge in [-0.05, 0) is 18.1 Å². The van der Waals surface area contributed by atoms with E-state index in [1.54, 1.807) is 12.1 Å². The molecule has 1 unspecified atom stereocenters. The molecule has 1 atom stereocenters. The predicted octanol–water partition coefficient (Wildman–Crippen LogP) is 2.59. The Balaban J connectivity index is 2.55. The quantitative estimate of drug-likeness (QED) is 0.777. The van der Waals surface area contributed by atoms with Crippen molar-refractivity contribution in [2.24, 2.45) is 4.99 Å². The Bertz CT molecular complexity index is 410. The van der Waals surface area contributed by atoms with Crippen LogP contribution < -0.4 is 0 Å². The Kier molecular flexibility index (Phi) is 2.08. The fraction of sp³-hybridized carbons (Fsp3) is 0.273. The van der Waals surface area contributed by atoms with Crippen LogP contribution in [0.1, 0.15) is 35.2 Å². The van der Waals surface area contributed by atoms with Crippen molar-refractivity contribution in [3.8, 4) is 0 Å². The first kappa shape index (κ1) is 8.94. The number of hydrogen-bond acceptors (Lipinski definition) is 2. The predicted molar refractivity (Wildman–Crippen MR) is 54.6 cm³/mol. The first-order chi connectivity index (χ1) is 6.74. The highest BCUT2D eigenvalue weighted by Gasteiger charge is 2.21. The number of aliphatic imine (C=N–C) groups is 1. The molecule has 1 aromatic carbocycles. The molecule has 0 saturated heterocycles. The molecule has 0 saturated carbocycles. The smallest absolute Gasteiger partial charge is 0.337 e. The van der Waals surface area contributed by atoms with Crippen LogP contribution in [0, 0.1) is 0 Å². The number of hydrogen-bond donors (Lipinski definition) is 1. The summed E-state index contributed by atoms with van der Waals surface area (Å²) in [6, 6.07) is 5.32. The number of para-hydroxylation sites is 1. The number of rotatable bonds is 2. The zero-order valence-corrected chi connectivity index (χ0v) is 7.90. The zero-order valence-electron chi connectivity index (χ0n) is 7.90. The van der Waals surface area contributed by atoms with Gasteiger partial charge in [0.25, 0.3) is 0 Å². The summed E-state index contributed by atoms with van der Waals surface area (Å²) >= 11 is 0. The lowest BCUT2D eigenvalue weighted by molar-refractivity contribution is 0.0698. The summed E-state index contributed by atoms with van der Waals surface area (Å²) in [6.07, 6.45) is 2.79. The minimum Gasteiger partial charge on any atom is -0.478 e. The molecule has 1 aliphatic rings. The molecule has 0 amide bonds. The van der Waals surface area contributed by atoms with Crippen LogP contribution in [0.4, 0.5) is 5.69 Å². The van der Waals surface area contributed by atoms with Gasteiger partial charge in [-0.25, -0.2) is 4.79 Å². The molecule has 1 N–H and O–H groups in total. The first-order valence-corrected chi connectivity index (χ1v) is 4.64. The third-order valence-electron chi connectivity index (χ3n) is 2.52. The molecular weight excluding hydrogens is 178 g/mol. The Morgan fingerprint density at radius 3 is 3.00 bits per heavy atom. The van der Waals surface area contributed by atoms with E-state index in [9.17, 15) is 4.79 Å². The number of carboxylic acid groups (broad SMARTS) is 1. The van der Waals surface area contributed by atoms with Gasteiger partial charge in [0, 0.05) is 12.1 Å². The van der Waals surface area contributed by atoms with Gasteiger partial charge in [-0.1, -0.05) is 19.1 Å². The third kappa shape index (κ3) is 1.21. The summed E-state index contributed by atoms with van der Waals surface area (Å²) < 4.78 is 0. The SMILES string of the molecule is CCC1C=Nc2c(C(=O)O)cccc21. The van der Waals surface area contributed by atoms with E-state index in [4.69, 9.17) is 5.11 Å². The van der Waals surface area contributed by atoms with Gasteiger partial charge in [0.2, 0.25) is 0 Å². The number of aromatic carboxylic acids is 1. The molecule has 3 heteroatoms. The molecule has 1 heterocycles. The lowest BCUT2D eigenvalue weighted by Gasteiger charge is -2.06. The first-order valence-electron chi connectivity index (χ1n) is 4.64. The normalized spacial score (nSPS) is 18.2. The van der Waals surface area contributed by atoms with Gasteiger partial charge in [0.05, 0.1) is 11.3 Å². The topological polar surface area (TPSA) is 49.7 Å². The lowest BCUT2D eigenvalue weighted by Crippen LogP contribution is -1.98. The van der Waals surface area contributed by atoms with E-state index in [0.717, 1.165) is 12.0 Å². The Hall–Kier alpha value is -1.64. The van der Waals surface area contributed by atoms with Crippen LogP contribution in [0.2, 0.25) is 0 Å². The van der Waals surface area contributed by atoms with Crippen molar-refractivity contribution in [2.45, 2.75) is 19.3 Å². The highest BCUT2D eigenvalue weighted by atomic mass is 16.4. The minimum absolute atomic E-state index is 0.282. The highest BCUT2D eigenvalue weighted by molar-refractivity contribution is 5.97. The summed E-state index contributed by atoms with van der Waals surface area (Å²) in [4.78, 5) is 15.0. The fourth-order valence-corrected chi connectivity index (χ4v) is 1.75. The molecule has 0 fully saturated rings. The average Bonchev–Trinajstić information content (AvgIpc) is 2.59. The number of carbonyl (C=O) groups is 1. The molecular formula is C11H11NO2. The summed E-state index contributed by atoms with van der Waals surface area (Å²) in [6.45, 7) is 2.07. The molecule has 0 aromatic heterocycles. The van der Waals surface area contributed by atoms with Gasteiger partial charge in [0.15, 0.2) is 0 Å². The highest BCUT2D eigenvalue weighted by Crippen LogP contribution is 2.36. The maximum atomic E-state index is 10.9. The number of carboxylic acids is 1. The monoisotopic (exact) mass is 189 g/mol. The van der Waals surface area contributed by atoms with Crippen LogP contribution in [-0.4, -0.2) is 17.3 Å². The molecule has 2 rings (SSSR count). The maximum Gasteiger partial charge on any atom is 0.337 e. The van der Waals surface area contributed by atoms with E-state index in [0.29, 0.717) is 11.3 Å². The summed E-state index contributed by atoms with van der Waals surface area (Å²) in [5, 5.41) is 8.93. The molecule has 3 nitrogen and oxygen atoms in total. The molecule has 0 radical (unpaired) electrons. The minimum atomic E-state index is -0.907. The fourth-order valence-electron chi connectivity index (χ4n) is 1.75. The van der Waals surface area contributed by atoms with Gasteiger partial charge < -0.3 is 5.11 Å². The molecule has 72 valence electrons. The Morgan fingerprint density at radius 2 is 2.36 bits per heavy atom. The number of nitrogens with zero attached hydrogens (tertiary/aromatic N) is 1. The van der Waals surface area contributed by atoms with Crippen LogP contribution in [0.15, 0.2) is 23.2 Å². The number of fused-ring (bicyclic) bond motifs is 1. The van der Waals surface area contributed by atoms with E-state index in [-0.39, 0.29) is 5.92 Å². The molecule has 0 spiro atoms. The molecule has 1 aliphatic heterocycles. The van der Waals surface area contributed by atoms with Gasteiger partial charge in [0.1, 0.15) is 0 Å². The lowest BCUT2D eigenvalue weighted by atomic mass is 9.97. The van der Waals surface area contributed by atoms with Crippen molar-refractivity contribution in [3.05, 3.63) is 29.3 Å². The van der Waals surface area contributed by atoms with Gasteiger partial charge in [-0.15, -0.1) is 0 Å². The van der Waals surface area contributed by atoms with Crippen molar-refractivity contribution in [1.82, 2.24) is 0 Å². The van der Waals surface area contributed by atoms with Crippen LogP contribution in [0.3, 0.4) is 0 Å². The van der Waals surface area contributed by atoms with Crippen molar-refractivity contribution < 1.29 is 9.90 Å². The largest absolute Gasteiger partial charge is 0.478 e. The summed E-state index contributed by atoms with van der Waals surface area (Å²) in [5.41, 5.74) is 1.97. The van der Waals surface area contributed by atoms with E-state index >= 15 is 0 Å². The van der Waals surface area contributed by atoms with Crippen molar-refractivity contribution >= 4 is 17.9 Å². The van der Waals surface area contributed by atoms with Crippen LogP contribution in [-0.2, 0) is 0 Å². The average molecular weight is 189 g/mol. The van der Waals surface area contributed by atoms with Crippen molar-refractivity contribution in [3.63, 3.8) is 0 Å². The van der Waals surface area contributed by atoms with E-state index in [1.807, 2.05) is 12.3 Å². The molecule has 14 heavy (non-hydrogen) atoms. The standard InChI is InChI=1S/C11H11NO2/c1-2-7-6-12-10-8(7)4-3-5-9(10)11(13)14/h3-7H,2H2,1H3,(H,13,14). The zero-order chi connectivity index (χ0) is 10.1. The molecule has 0 aliphatic carbocycles. The molecule has 0 bridgehead atoms. The van der Waals surface area contributed by atoms with E-state index in [2.05, 4.69) is 11.9 Å². The summed E-state index contributed by atoms with van der Waals surface area (Å²) in [7, 11) is 0.